The fraction of sp³-hybridized carbons (Fsp3) is 0.333. The van der Waals surface area contributed by atoms with Gasteiger partial charge in [0.1, 0.15) is 0 Å². The third-order valence-corrected chi connectivity index (χ3v) is 2.98. The van der Waals surface area contributed by atoms with Crippen LogP contribution in [0.5, 0.6) is 0 Å². The zero-order valence-corrected chi connectivity index (χ0v) is 14.8. The van der Waals surface area contributed by atoms with Gasteiger partial charge in [-0.15, -0.1) is 24.3 Å². The maximum atomic E-state index is 3.16. The molecule has 2 aliphatic carbocycles. The summed E-state index contributed by atoms with van der Waals surface area (Å²) in [6, 6.07) is 0. The molecule has 0 saturated heterocycles. The van der Waals surface area contributed by atoms with Crippen LogP contribution in [-0.4, -0.2) is 0 Å². The van der Waals surface area contributed by atoms with Gasteiger partial charge in [-0.25, -0.2) is 11.1 Å². The second kappa shape index (κ2) is 10.2. The maximum Gasteiger partial charge on any atom is 2.00 e. The van der Waals surface area contributed by atoms with Crippen molar-refractivity contribution >= 4 is 0 Å². The van der Waals surface area contributed by atoms with Crippen molar-refractivity contribution in [3.05, 3.63) is 70.9 Å². The average Bonchev–Trinajstić information content (AvgIpc) is 2.92. The van der Waals surface area contributed by atoms with Gasteiger partial charge in [0, 0.05) is 0 Å². The summed E-state index contributed by atoms with van der Waals surface area (Å²) in [5.74, 6) is 0. The third kappa shape index (κ3) is 6.34. The Hall–Kier alpha value is -0.677. The molecule has 0 fully saturated rings. The van der Waals surface area contributed by atoms with Crippen molar-refractivity contribution in [2.24, 2.45) is 0 Å². The molecule has 0 aromatic heterocycles. The van der Waals surface area contributed by atoms with Gasteiger partial charge in [-0.05, 0) is 13.8 Å². The van der Waals surface area contributed by atoms with Gasteiger partial charge in [-0.1, -0.05) is 26.7 Å². The third-order valence-electron chi connectivity index (χ3n) is 2.98. The van der Waals surface area contributed by atoms with Crippen LogP contribution in [0, 0.1) is 12.2 Å². The quantitative estimate of drug-likeness (QED) is 0.604. The molecule has 19 heavy (non-hydrogen) atoms. The summed E-state index contributed by atoms with van der Waals surface area (Å²) in [7, 11) is 0. The normalized spacial score (nSPS) is 17.5. The van der Waals surface area contributed by atoms with Crippen LogP contribution in [0.2, 0.25) is 0 Å². The molecule has 1 heteroatoms. The zero-order chi connectivity index (χ0) is 13.4. The van der Waals surface area contributed by atoms with E-state index in [4.69, 9.17) is 0 Å². The molecular weight excluding hydrogens is 307 g/mol. The van der Waals surface area contributed by atoms with E-state index >= 15 is 0 Å². The van der Waals surface area contributed by atoms with E-state index in [2.05, 4.69) is 62.5 Å². The van der Waals surface area contributed by atoms with Crippen LogP contribution in [0.25, 0.3) is 0 Å². The van der Waals surface area contributed by atoms with E-state index in [1.54, 1.807) is 0 Å². The molecule has 0 aliphatic heterocycles. The second-order valence-electron chi connectivity index (χ2n) is 4.41. The molecule has 0 heterocycles. The summed E-state index contributed by atoms with van der Waals surface area (Å²) >= 11 is 0. The Morgan fingerprint density at radius 3 is 1.42 bits per heavy atom. The van der Waals surface area contributed by atoms with Crippen molar-refractivity contribution < 1.29 is 26.2 Å². The first-order chi connectivity index (χ1) is 8.69. The van der Waals surface area contributed by atoms with E-state index in [1.807, 2.05) is 13.8 Å². The molecule has 0 unspecified atom stereocenters. The molecule has 2 aliphatic rings. The predicted molar refractivity (Wildman–Crippen MR) is 79.9 cm³/mol. The van der Waals surface area contributed by atoms with Crippen molar-refractivity contribution in [3.8, 4) is 0 Å². The van der Waals surface area contributed by atoms with Crippen LogP contribution in [0.3, 0.4) is 0 Å². The summed E-state index contributed by atoms with van der Waals surface area (Å²) in [5, 5.41) is 0. The Morgan fingerprint density at radius 1 is 0.842 bits per heavy atom. The molecule has 2 rings (SSSR count). The van der Waals surface area contributed by atoms with Crippen molar-refractivity contribution in [3.63, 3.8) is 0 Å². The van der Waals surface area contributed by atoms with Crippen LogP contribution >= 0.6 is 0 Å². The van der Waals surface area contributed by atoms with E-state index < -0.39 is 0 Å². The van der Waals surface area contributed by atoms with Crippen LogP contribution in [0.15, 0.2) is 58.7 Å². The molecule has 0 atom stereocenters. The van der Waals surface area contributed by atoms with E-state index in [0.29, 0.717) is 0 Å². The number of allylic oxidation sites excluding steroid dienone is 12. The van der Waals surface area contributed by atoms with Gasteiger partial charge < -0.3 is 0 Å². The molecule has 0 amide bonds. The summed E-state index contributed by atoms with van der Waals surface area (Å²) in [4.78, 5) is 0. The summed E-state index contributed by atoms with van der Waals surface area (Å²) in [5.41, 5.74) is 5.37. The molecule has 0 N–H and O–H groups in total. The first-order valence-corrected chi connectivity index (χ1v) is 6.50. The first-order valence-electron chi connectivity index (χ1n) is 6.50. The van der Waals surface area contributed by atoms with Gasteiger partial charge in [-0.2, -0.15) is 23.3 Å². The molecule has 98 valence electrons. The molecule has 0 spiro atoms. The van der Waals surface area contributed by atoms with E-state index in [1.165, 1.54) is 22.3 Å². The van der Waals surface area contributed by atoms with Gasteiger partial charge in [-0.3, -0.25) is 12.2 Å². The van der Waals surface area contributed by atoms with Crippen molar-refractivity contribution in [2.45, 2.75) is 40.5 Å². The van der Waals surface area contributed by atoms with Crippen LogP contribution in [0.1, 0.15) is 40.5 Å². The minimum absolute atomic E-state index is 0. The molecule has 0 aromatic rings. The Kier molecular flexibility index (Phi) is 9.79. The molecule has 0 nitrogen and oxygen atoms in total. The van der Waals surface area contributed by atoms with Crippen molar-refractivity contribution in [2.75, 3.05) is 0 Å². The van der Waals surface area contributed by atoms with Gasteiger partial charge in [0.2, 0.25) is 0 Å². The topological polar surface area (TPSA) is 0 Å². The Labute approximate surface area is 137 Å². The Balaban J connectivity index is 0.000000324. The average molecular weight is 330 g/mol. The second-order valence-corrected chi connectivity index (χ2v) is 4.41. The summed E-state index contributed by atoms with van der Waals surface area (Å²) in [6.45, 7) is 8.27. The molecule has 0 bridgehead atoms. The Bertz CT molecular complexity index is 410. The monoisotopic (exact) mass is 328 g/mol. The number of hydrogen-bond donors (Lipinski definition) is 0. The Morgan fingerprint density at radius 2 is 1.21 bits per heavy atom. The van der Waals surface area contributed by atoms with Crippen LogP contribution in [0.4, 0.5) is 0 Å². The van der Waals surface area contributed by atoms with Gasteiger partial charge >= 0.3 is 26.2 Å². The number of rotatable bonds is 2. The molecule has 0 aromatic carbocycles. The SMILES string of the molecule is CC=CC1=C(C)[C-]=CC1.CC=CC1=C(C)[C-]=CC1.[Zr+2]. The van der Waals surface area contributed by atoms with Crippen LogP contribution in [-0.2, 0) is 26.2 Å². The predicted octanol–water partition coefficient (Wildman–Crippen LogP) is 5.28. The van der Waals surface area contributed by atoms with Crippen molar-refractivity contribution in [1.29, 1.82) is 0 Å². The number of hydrogen-bond acceptors (Lipinski definition) is 0. The van der Waals surface area contributed by atoms with Crippen molar-refractivity contribution in [1.82, 2.24) is 0 Å². The fourth-order valence-electron chi connectivity index (χ4n) is 1.91. The first kappa shape index (κ1) is 18.3. The zero-order valence-electron chi connectivity index (χ0n) is 12.4. The van der Waals surface area contributed by atoms with E-state index in [-0.39, 0.29) is 26.2 Å². The smallest absolute Gasteiger partial charge is 0.253 e. The molecular formula is C18H22Zr. The molecule has 0 saturated carbocycles. The largest absolute Gasteiger partial charge is 2.00 e. The molecule has 0 radical (unpaired) electrons. The van der Waals surface area contributed by atoms with Gasteiger partial charge in [0.15, 0.2) is 0 Å². The van der Waals surface area contributed by atoms with E-state index in [9.17, 15) is 0 Å². The van der Waals surface area contributed by atoms with E-state index in [0.717, 1.165) is 12.8 Å². The minimum atomic E-state index is 0. The van der Waals surface area contributed by atoms with Crippen LogP contribution < -0.4 is 0 Å². The maximum absolute atomic E-state index is 3.16. The standard InChI is InChI=1S/2C9H11.Zr/c2*1-3-5-9-7-4-6-8(9)2;/h2*3-5H,7H2,1-2H3;/q2*-1;+2. The van der Waals surface area contributed by atoms with Gasteiger partial charge in [0.25, 0.3) is 0 Å². The summed E-state index contributed by atoms with van der Waals surface area (Å²) < 4.78 is 0. The summed E-state index contributed by atoms with van der Waals surface area (Å²) in [6.07, 6.45) is 21.0. The van der Waals surface area contributed by atoms with Gasteiger partial charge in [0.05, 0.1) is 0 Å². The minimum Gasteiger partial charge on any atom is -0.253 e. The fourth-order valence-corrected chi connectivity index (χ4v) is 1.91.